The third-order valence-corrected chi connectivity index (χ3v) is 3.03. The van der Waals surface area contributed by atoms with Gasteiger partial charge in [0, 0.05) is 16.8 Å². The third kappa shape index (κ3) is 3.73. The largest absolute Gasteiger partial charge is 0.450 e. The first-order chi connectivity index (χ1) is 9.58. The van der Waals surface area contributed by atoms with Gasteiger partial charge in [0.15, 0.2) is 4.67 Å². The van der Waals surface area contributed by atoms with Crippen molar-refractivity contribution in [3.05, 3.63) is 57.4 Å². The number of hydrogen-bond acceptors (Lipinski definition) is 3. The minimum absolute atomic E-state index is 0.0539. The molecule has 0 spiro atoms. The molecule has 0 aliphatic heterocycles. The Morgan fingerprint density at radius 2 is 2.00 bits per heavy atom. The number of carbonyl (C=O) groups excluding carboxylic acids is 1. The molecule has 0 unspecified atom stereocenters. The number of nitriles is 1. The maximum absolute atomic E-state index is 12.0. The average Bonchev–Trinajstić information content (AvgIpc) is 2.84. The first kappa shape index (κ1) is 14.4. The van der Waals surface area contributed by atoms with Crippen molar-refractivity contribution in [2.24, 2.45) is 0 Å². The van der Waals surface area contributed by atoms with Crippen LogP contribution < -0.4 is 5.32 Å². The van der Waals surface area contributed by atoms with Crippen LogP contribution in [0.25, 0.3) is 6.08 Å². The Bertz CT molecular complexity index is 699. The van der Waals surface area contributed by atoms with Crippen molar-refractivity contribution >= 4 is 45.2 Å². The molecule has 0 bridgehead atoms. The molecule has 2 rings (SSSR count). The van der Waals surface area contributed by atoms with E-state index in [1.54, 1.807) is 36.4 Å². The van der Waals surface area contributed by atoms with Crippen molar-refractivity contribution in [2.45, 2.75) is 0 Å². The molecule has 1 amide bonds. The third-order valence-electron chi connectivity index (χ3n) is 2.35. The van der Waals surface area contributed by atoms with Crippen LogP contribution in [0, 0.1) is 11.3 Å². The second-order valence-corrected chi connectivity index (χ2v) is 4.99. The topological polar surface area (TPSA) is 66.0 Å². The monoisotopic (exact) mass is 350 g/mol. The van der Waals surface area contributed by atoms with Gasteiger partial charge in [0.2, 0.25) is 0 Å². The quantitative estimate of drug-likeness (QED) is 0.664. The summed E-state index contributed by atoms with van der Waals surface area (Å²) >= 11 is 8.90. The first-order valence-corrected chi connectivity index (χ1v) is 6.69. The van der Waals surface area contributed by atoms with Crippen LogP contribution in [0.1, 0.15) is 5.76 Å². The second kappa shape index (κ2) is 6.42. The Balaban J connectivity index is 2.16. The summed E-state index contributed by atoms with van der Waals surface area (Å²) in [5.41, 5.74) is 0.503. The summed E-state index contributed by atoms with van der Waals surface area (Å²) < 4.78 is 5.75. The van der Waals surface area contributed by atoms with Crippen LogP contribution >= 0.6 is 27.5 Å². The Labute approximate surface area is 128 Å². The van der Waals surface area contributed by atoms with E-state index in [-0.39, 0.29) is 5.57 Å². The van der Waals surface area contributed by atoms with Gasteiger partial charge < -0.3 is 9.73 Å². The normalized spacial score (nSPS) is 10.9. The molecule has 0 saturated heterocycles. The van der Waals surface area contributed by atoms with Crippen LogP contribution in [0.15, 0.2) is 51.1 Å². The summed E-state index contributed by atoms with van der Waals surface area (Å²) in [5, 5.41) is 12.2. The number of nitrogens with zero attached hydrogens (tertiary/aromatic N) is 1. The number of halogens is 2. The van der Waals surface area contributed by atoms with E-state index in [2.05, 4.69) is 21.2 Å². The van der Waals surface area contributed by atoms with Gasteiger partial charge in [-0.25, -0.2) is 0 Å². The summed E-state index contributed by atoms with van der Waals surface area (Å²) in [4.78, 5) is 12.0. The van der Waals surface area contributed by atoms with E-state index in [4.69, 9.17) is 21.3 Å². The van der Waals surface area contributed by atoms with Crippen LogP contribution in [0.3, 0.4) is 0 Å². The lowest BCUT2D eigenvalue weighted by atomic mass is 10.2. The summed E-state index contributed by atoms with van der Waals surface area (Å²) in [7, 11) is 0. The van der Waals surface area contributed by atoms with Gasteiger partial charge in [-0.3, -0.25) is 4.79 Å². The number of furan rings is 1. The highest BCUT2D eigenvalue weighted by Crippen LogP contribution is 2.18. The van der Waals surface area contributed by atoms with E-state index in [0.29, 0.717) is 21.1 Å². The number of amides is 1. The van der Waals surface area contributed by atoms with Crippen molar-refractivity contribution in [3.8, 4) is 6.07 Å². The van der Waals surface area contributed by atoms with Crippen molar-refractivity contribution in [1.29, 1.82) is 5.26 Å². The fraction of sp³-hybridized carbons (Fsp3) is 0. The van der Waals surface area contributed by atoms with Crippen molar-refractivity contribution < 1.29 is 9.21 Å². The molecular weight excluding hydrogens is 344 g/mol. The molecule has 0 aliphatic carbocycles. The van der Waals surface area contributed by atoms with Crippen molar-refractivity contribution in [3.63, 3.8) is 0 Å². The van der Waals surface area contributed by atoms with Crippen LogP contribution in [0.5, 0.6) is 0 Å². The lowest BCUT2D eigenvalue weighted by molar-refractivity contribution is -0.112. The Morgan fingerprint density at radius 1 is 1.30 bits per heavy atom. The molecule has 4 nitrogen and oxygen atoms in total. The summed E-state index contributed by atoms with van der Waals surface area (Å²) in [6.07, 6.45) is 1.37. The van der Waals surface area contributed by atoms with Crippen LogP contribution in [0.4, 0.5) is 5.69 Å². The van der Waals surface area contributed by atoms with E-state index in [9.17, 15) is 4.79 Å². The average molecular weight is 352 g/mol. The molecule has 0 saturated carbocycles. The molecule has 1 heterocycles. The highest BCUT2D eigenvalue weighted by molar-refractivity contribution is 9.10. The van der Waals surface area contributed by atoms with Crippen molar-refractivity contribution in [1.82, 2.24) is 0 Å². The van der Waals surface area contributed by atoms with E-state index in [0.717, 1.165) is 0 Å². The van der Waals surface area contributed by atoms with E-state index in [1.807, 2.05) is 6.07 Å². The number of benzene rings is 1. The fourth-order valence-electron chi connectivity index (χ4n) is 1.43. The fourth-order valence-corrected chi connectivity index (χ4v) is 1.87. The molecular formula is C14H8BrClN2O2. The van der Waals surface area contributed by atoms with E-state index >= 15 is 0 Å². The smallest absolute Gasteiger partial charge is 0.266 e. The van der Waals surface area contributed by atoms with Crippen LogP contribution in [0.2, 0.25) is 5.02 Å². The summed E-state index contributed by atoms with van der Waals surface area (Å²) in [5.74, 6) is -0.0953. The summed E-state index contributed by atoms with van der Waals surface area (Å²) in [6, 6.07) is 11.8. The molecule has 2 aromatic rings. The van der Waals surface area contributed by atoms with Crippen LogP contribution in [-0.2, 0) is 4.79 Å². The van der Waals surface area contributed by atoms with Gasteiger partial charge in [0.05, 0.1) is 0 Å². The minimum atomic E-state index is -0.512. The highest BCUT2D eigenvalue weighted by atomic mass is 79.9. The molecule has 1 aromatic carbocycles. The molecule has 0 aliphatic rings. The second-order valence-electron chi connectivity index (χ2n) is 3.77. The molecule has 0 fully saturated rings. The van der Waals surface area contributed by atoms with Gasteiger partial charge in [0.25, 0.3) is 5.91 Å². The number of carbonyl (C=O) groups is 1. The number of rotatable bonds is 3. The zero-order valence-corrected chi connectivity index (χ0v) is 12.4. The predicted octanol–water partition coefficient (Wildman–Crippen LogP) is 4.24. The Kier molecular flexibility index (Phi) is 4.61. The molecule has 0 radical (unpaired) electrons. The SMILES string of the molecule is N#C/C(=C\c1ccc(Br)o1)C(=O)Nc1ccc(Cl)cc1. The van der Waals surface area contributed by atoms with Gasteiger partial charge in [-0.2, -0.15) is 5.26 Å². The lowest BCUT2D eigenvalue weighted by Gasteiger charge is -2.03. The number of anilines is 1. The standard InChI is InChI=1S/C14H8BrClN2O2/c15-13-6-5-12(20-13)7-9(8-17)14(19)18-11-3-1-10(16)2-4-11/h1-7H,(H,18,19)/b9-7+. The molecule has 1 N–H and O–H groups in total. The van der Waals surface area contributed by atoms with Gasteiger partial charge in [-0.05, 0) is 52.3 Å². The molecule has 0 atom stereocenters. The zero-order chi connectivity index (χ0) is 14.5. The Morgan fingerprint density at radius 3 is 2.55 bits per heavy atom. The van der Waals surface area contributed by atoms with Crippen molar-refractivity contribution in [2.75, 3.05) is 5.32 Å². The maximum atomic E-state index is 12.0. The maximum Gasteiger partial charge on any atom is 0.266 e. The van der Waals surface area contributed by atoms with E-state index < -0.39 is 5.91 Å². The lowest BCUT2D eigenvalue weighted by Crippen LogP contribution is -2.13. The van der Waals surface area contributed by atoms with Gasteiger partial charge in [-0.1, -0.05) is 11.6 Å². The molecule has 20 heavy (non-hydrogen) atoms. The first-order valence-electron chi connectivity index (χ1n) is 5.52. The molecule has 6 heteroatoms. The van der Waals surface area contributed by atoms with Gasteiger partial charge in [0.1, 0.15) is 17.4 Å². The Hall–Kier alpha value is -2.03. The van der Waals surface area contributed by atoms with Crippen LogP contribution in [-0.4, -0.2) is 5.91 Å². The minimum Gasteiger partial charge on any atom is -0.450 e. The highest BCUT2D eigenvalue weighted by Gasteiger charge is 2.10. The van der Waals surface area contributed by atoms with E-state index in [1.165, 1.54) is 6.08 Å². The van der Waals surface area contributed by atoms with Gasteiger partial charge in [-0.15, -0.1) is 0 Å². The zero-order valence-electron chi connectivity index (χ0n) is 10.1. The molecule has 100 valence electrons. The molecule has 1 aromatic heterocycles. The number of hydrogen-bond donors (Lipinski definition) is 1. The number of nitrogens with one attached hydrogen (secondary N) is 1. The van der Waals surface area contributed by atoms with Gasteiger partial charge >= 0.3 is 0 Å². The predicted molar refractivity (Wildman–Crippen MR) is 80.1 cm³/mol. The summed E-state index contributed by atoms with van der Waals surface area (Å²) in [6.45, 7) is 0.